The number of ether oxygens (including phenoxy) is 1. The summed E-state index contributed by atoms with van der Waals surface area (Å²) in [6.45, 7) is 5.95. The van der Waals surface area contributed by atoms with Crippen molar-refractivity contribution in [3.63, 3.8) is 0 Å². The molecule has 5 heterocycles. The summed E-state index contributed by atoms with van der Waals surface area (Å²) in [6.07, 6.45) is 9.43. The SMILES string of the molecule is O=c1cc(-c2ccncc2)ncn1CC1CCN(Cc2cn3c(n2)COCC3)CC1. The Hall–Kier alpha value is -2.84. The molecule has 8 nitrogen and oxygen atoms in total. The van der Waals surface area contributed by atoms with Crippen LogP contribution in [-0.2, 0) is 31.0 Å². The Bertz CT molecular complexity index is 1030. The van der Waals surface area contributed by atoms with E-state index in [0.29, 0.717) is 18.2 Å². The Kier molecular flexibility index (Phi) is 5.42. The lowest BCUT2D eigenvalue weighted by Crippen LogP contribution is -2.36. The van der Waals surface area contributed by atoms with E-state index >= 15 is 0 Å². The van der Waals surface area contributed by atoms with Gasteiger partial charge in [-0.1, -0.05) is 0 Å². The largest absolute Gasteiger partial charge is 0.372 e. The van der Waals surface area contributed by atoms with Crippen molar-refractivity contribution in [1.82, 2.24) is 29.0 Å². The number of hydrogen-bond acceptors (Lipinski definition) is 6. The number of pyridine rings is 1. The van der Waals surface area contributed by atoms with Crippen molar-refractivity contribution in [3.8, 4) is 11.3 Å². The number of nitrogens with zero attached hydrogens (tertiary/aromatic N) is 6. The first-order valence-electron chi connectivity index (χ1n) is 10.6. The molecule has 0 saturated carbocycles. The van der Waals surface area contributed by atoms with Gasteiger partial charge in [0.25, 0.3) is 5.56 Å². The average Bonchev–Trinajstić information content (AvgIpc) is 3.19. The lowest BCUT2D eigenvalue weighted by Gasteiger charge is -2.31. The molecule has 30 heavy (non-hydrogen) atoms. The molecule has 0 aromatic carbocycles. The van der Waals surface area contributed by atoms with Crippen LogP contribution in [-0.4, -0.2) is 48.7 Å². The fraction of sp³-hybridized carbons (Fsp3) is 0.455. The summed E-state index contributed by atoms with van der Waals surface area (Å²) >= 11 is 0. The topological polar surface area (TPSA) is 78.1 Å². The van der Waals surface area contributed by atoms with Gasteiger partial charge in [0.05, 0.1) is 24.3 Å². The molecular weight excluding hydrogens is 380 g/mol. The van der Waals surface area contributed by atoms with Gasteiger partial charge in [-0.3, -0.25) is 19.2 Å². The summed E-state index contributed by atoms with van der Waals surface area (Å²) < 4.78 is 9.43. The van der Waals surface area contributed by atoms with Gasteiger partial charge < -0.3 is 9.30 Å². The molecule has 2 aliphatic rings. The van der Waals surface area contributed by atoms with Crippen LogP contribution in [0.2, 0.25) is 0 Å². The summed E-state index contributed by atoms with van der Waals surface area (Å²) in [5.41, 5.74) is 2.74. The van der Waals surface area contributed by atoms with Crippen molar-refractivity contribution in [2.75, 3.05) is 19.7 Å². The van der Waals surface area contributed by atoms with Crippen molar-refractivity contribution < 1.29 is 4.74 Å². The zero-order valence-corrected chi connectivity index (χ0v) is 17.0. The molecule has 5 rings (SSSR count). The molecule has 0 atom stereocenters. The fourth-order valence-electron chi connectivity index (χ4n) is 4.30. The lowest BCUT2D eigenvalue weighted by atomic mass is 9.96. The number of piperidine rings is 1. The lowest BCUT2D eigenvalue weighted by molar-refractivity contribution is 0.0816. The Morgan fingerprint density at radius 3 is 2.73 bits per heavy atom. The van der Waals surface area contributed by atoms with E-state index in [2.05, 4.69) is 25.6 Å². The molecular formula is C22H26N6O2. The molecule has 2 aliphatic heterocycles. The average molecular weight is 406 g/mol. The predicted molar refractivity (Wildman–Crippen MR) is 112 cm³/mol. The summed E-state index contributed by atoms with van der Waals surface area (Å²) in [7, 11) is 0. The quantitative estimate of drug-likeness (QED) is 0.644. The third-order valence-corrected chi connectivity index (χ3v) is 6.02. The molecule has 1 saturated heterocycles. The van der Waals surface area contributed by atoms with E-state index in [1.165, 1.54) is 0 Å². The van der Waals surface area contributed by atoms with Crippen LogP contribution in [0.3, 0.4) is 0 Å². The minimum atomic E-state index is 0.00468. The summed E-state index contributed by atoms with van der Waals surface area (Å²) in [5, 5.41) is 0. The van der Waals surface area contributed by atoms with E-state index in [-0.39, 0.29) is 5.56 Å². The maximum atomic E-state index is 12.6. The van der Waals surface area contributed by atoms with Crippen molar-refractivity contribution >= 4 is 0 Å². The Morgan fingerprint density at radius 1 is 1.13 bits per heavy atom. The number of rotatable bonds is 5. The van der Waals surface area contributed by atoms with Crippen LogP contribution in [0, 0.1) is 5.92 Å². The molecule has 156 valence electrons. The zero-order valence-electron chi connectivity index (χ0n) is 17.0. The Balaban J connectivity index is 1.16. The second-order valence-corrected chi connectivity index (χ2v) is 8.11. The maximum absolute atomic E-state index is 12.6. The van der Waals surface area contributed by atoms with E-state index in [9.17, 15) is 4.79 Å². The van der Waals surface area contributed by atoms with Crippen molar-refractivity contribution in [3.05, 3.63) is 65.0 Å². The van der Waals surface area contributed by atoms with Crippen LogP contribution in [0.5, 0.6) is 0 Å². The molecule has 0 aliphatic carbocycles. The summed E-state index contributed by atoms with van der Waals surface area (Å²) in [4.78, 5) is 28.2. The Labute approximate surface area is 175 Å². The molecule has 0 unspecified atom stereocenters. The number of hydrogen-bond donors (Lipinski definition) is 0. The second kappa shape index (κ2) is 8.49. The van der Waals surface area contributed by atoms with E-state index < -0.39 is 0 Å². The predicted octanol–water partition coefficient (Wildman–Crippen LogP) is 1.94. The van der Waals surface area contributed by atoms with E-state index in [1.54, 1.807) is 29.4 Å². The van der Waals surface area contributed by atoms with Gasteiger partial charge in [-0.25, -0.2) is 9.97 Å². The third-order valence-electron chi connectivity index (χ3n) is 6.02. The molecule has 3 aromatic rings. The van der Waals surface area contributed by atoms with Crippen LogP contribution >= 0.6 is 0 Å². The molecule has 0 amide bonds. The van der Waals surface area contributed by atoms with Gasteiger partial charge in [0.1, 0.15) is 12.4 Å². The second-order valence-electron chi connectivity index (χ2n) is 8.11. The smallest absolute Gasteiger partial charge is 0.253 e. The van der Waals surface area contributed by atoms with Crippen LogP contribution in [0.1, 0.15) is 24.4 Å². The van der Waals surface area contributed by atoms with Gasteiger partial charge in [0.15, 0.2) is 0 Å². The molecule has 0 bridgehead atoms. The van der Waals surface area contributed by atoms with E-state index in [4.69, 9.17) is 9.72 Å². The van der Waals surface area contributed by atoms with Crippen molar-refractivity contribution in [1.29, 1.82) is 0 Å². The van der Waals surface area contributed by atoms with Crippen LogP contribution < -0.4 is 5.56 Å². The first-order valence-corrected chi connectivity index (χ1v) is 10.6. The van der Waals surface area contributed by atoms with Gasteiger partial charge in [-0.05, 0) is 44.0 Å². The number of imidazole rings is 1. The molecule has 0 N–H and O–H groups in total. The number of aromatic nitrogens is 5. The van der Waals surface area contributed by atoms with Crippen LogP contribution in [0.4, 0.5) is 0 Å². The molecule has 0 radical (unpaired) electrons. The summed E-state index contributed by atoms with van der Waals surface area (Å²) in [6, 6.07) is 5.35. The minimum Gasteiger partial charge on any atom is -0.372 e. The van der Waals surface area contributed by atoms with E-state index in [0.717, 1.165) is 69.3 Å². The minimum absolute atomic E-state index is 0.00468. The highest BCUT2D eigenvalue weighted by atomic mass is 16.5. The summed E-state index contributed by atoms with van der Waals surface area (Å²) in [5.74, 6) is 1.53. The zero-order chi connectivity index (χ0) is 20.3. The van der Waals surface area contributed by atoms with Gasteiger partial charge in [-0.15, -0.1) is 0 Å². The van der Waals surface area contributed by atoms with Gasteiger partial charge in [0.2, 0.25) is 0 Å². The highest BCUT2D eigenvalue weighted by Crippen LogP contribution is 2.21. The standard InChI is InChI=1S/C22H26N6O2/c29-22-11-20(18-1-5-23-6-2-18)24-16-28(22)12-17-3-7-26(8-4-17)13-19-14-27-9-10-30-15-21(27)25-19/h1-2,5-6,11,14,16-17H,3-4,7-10,12-13,15H2. The van der Waals surface area contributed by atoms with Crippen LogP contribution in [0.25, 0.3) is 11.3 Å². The van der Waals surface area contributed by atoms with Crippen molar-refractivity contribution in [2.24, 2.45) is 5.92 Å². The Morgan fingerprint density at radius 2 is 1.97 bits per heavy atom. The third kappa shape index (κ3) is 4.20. The highest BCUT2D eigenvalue weighted by molar-refractivity contribution is 5.57. The van der Waals surface area contributed by atoms with Gasteiger partial charge >= 0.3 is 0 Å². The molecule has 8 heteroatoms. The molecule has 3 aromatic heterocycles. The monoisotopic (exact) mass is 406 g/mol. The first-order chi connectivity index (χ1) is 14.7. The fourth-order valence-corrected chi connectivity index (χ4v) is 4.30. The van der Waals surface area contributed by atoms with Gasteiger partial charge in [-0.2, -0.15) is 0 Å². The number of likely N-dealkylation sites (tertiary alicyclic amines) is 1. The van der Waals surface area contributed by atoms with Crippen molar-refractivity contribution in [2.45, 2.75) is 39.1 Å². The maximum Gasteiger partial charge on any atom is 0.253 e. The molecule has 1 fully saturated rings. The van der Waals surface area contributed by atoms with Crippen LogP contribution in [0.15, 0.2) is 47.9 Å². The first kappa shape index (κ1) is 19.1. The highest BCUT2D eigenvalue weighted by Gasteiger charge is 2.22. The normalized spacial score (nSPS) is 17.7. The van der Waals surface area contributed by atoms with Gasteiger partial charge in [0, 0.05) is 49.9 Å². The molecule has 0 spiro atoms. The number of fused-ring (bicyclic) bond motifs is 1. The van der Waals surface area contributed by atoms with E-state index in [1.807, 2.05) is 12.1 Å².